The zero-order valence-corrected chi connectivity index (χ0v) is 24.3. The summed E-state index contributed by atoms with van der Waals surface area (Å²) in [6.07, 6.45) is 2.25. The van der Waals surface area contributed by atoms with Crippen LogP contribution in [0.5, 0.6) is 11.5 Å². The van der Waals surface area contributed by atoms with E-state index < -0.39 is 16.4 Å². The minimum atomic E-state index is -3.96. The van der Waals surface area contributed by atoms with Crippen molar-refractivity contribution >= 4 is 26.7 Å². The van der Waals surface area contributed by atoms with Crippen LogP contribution in [0.3, 0.4) is 0 Å². The number of rotatable bonds is 12. The van der Waals surface area contributed by atoms with Crippen LogP contribution in [0.2, 0.25) is 0 Å². The van der Waals surface area contributed by atoms with Crippen LogP contribution in [0.15, 0.2) is 77.7 Å². The van der Waals surface area contributed by atoms with Crippen LogP contribution in [0, 0.1) is 6.92 Å². The molecular weight excluding hydrogens is 540 g/mol. The highest BCUT2D eigenvalue weighted by atomic mass is 32.2. The van der Waals surface area contributed by atoms with Gasteiger partial charge in [0.25, 0.3) is 10.1 Å². The molecule has 0 bridgehead atoms. The summed E-state index contributed by atoms with van der Waals surface area (Å²) >= 11 is 0. The Morgan fingerprint density at radius 2 is 1.80 bits per heavy atom. The van der Waals surface area contributed by atoms with Gasteiger partial charge in [0.15, 0.2) is 6.29 Å². The van der Waals surface area contributed by atoms with E-state index in [0.717, 1.165) is 53.0 Å². The van der Waals surface area contributed by atoms with Crippen molar-refractivity contribution in [3.05, 3.63) is 78.4 Å². The molecule has 0 radical (unpaired) electrons. The van der Waals surface area contributed by atoms with E-state index in [-0.39, 0.29) is 4.90 Å². The van der Waals surface area contributed by atoms with Crippen molar-refractivity contribution in [2.45, 2.75) is 50.7 Å². The minimum Gasteiger partial charge on any atom is -0.493 e. The quantitative estimate of drug-likeness (QED) is 0.147. The Balaban J connectivity index is 1.13. The van der Waals surface area contributed by atoms with Crippen LogP contribution >= 0.6 is 0 Å². The number of pyridine rings is 1. The third-order valence-electron chi connectivity index (χ3n) is 6.91. The van der Waals surface area contributed by atoms with E-state index in [0.29, 0.717) is 44.0 Å². The minimum absolute atomic E-state index is 0.0962. The van der Waals surface area contributed by atoms with Crippen LogP contribution in [0.4, 0.5) is 5.69 Å². The lowest BCUT2D eigenvalue weighted by atomic mass is 10.1. The number of ether oxygens (including phenoxy) is 3. The fourth-order valence-electron chi connectivity index (χ4n) is 4.75. The zero-order chi connectivity index (χ0) is 28.7. The van der Waals surface area contributed by atoms with Crippen molar-refractivity contribution in [3.8, 4) is 22.8 Å². The predicted molar refractivity (Wildman–Crippen MR) is 160 cm³/mol. The highest BCUT2D eigenvalue weighted by molar-refractivity contribution is 7.86. The summed E-state index contributed by atoms with van der Waals surface area (Å²) in [7, 11) is -3.96. The van der Waals surface area contributed by atoms with Gasteiger partial charge in [0.05, 0.1) is 24.4 Å². The summed E-state index contributed by atoms with van der Waals surface area (Å²) in [6, 6.07) is 23.2. The largest absolute Gasteiger partial charge is 0.493 e. The van der Waals surface area contributed by atoms with Crippen molar-refractivity contribution in [2.75, 3.05) is 31.7 Å². The van der Waals surface area contributed by atoms with Crippen molar-refractivity contribution in [3.63, 3.8) is 0 Å². The molecule has 1 fully saturated rings. The highest BCUT2D eigenvalue weighted by Crippen LogP contribution is 2.29. The molecule has 41 heavy (non-hydrogen) atoms. The van der Waals surface area contributed by atoms with Crippen LogP contribution in [0.1, 0.15) is 38.2 Å². The number of aromatic nitrogens is 1. The second-order valence-electron chi connectivity index (χ2n) is 9.93. The van der Waals surface area contributed by atoms with E-state index in [1.165, 1.54) is 6.07 Å². The van der Waals surface area contributed by atoms with E-state index in [2.05, 4.69) is 42.6 Å². The van der Waals surface area contributed by atoms with E-state index in [1.807, 2.05) is 24.3 Å². The molecule has 216 valence electrons. The van der Waals surface area contributed by atoms with Gasteiger partial charge in [-0.3, -0.25) is 0 Å². The molecule has 1 atom stereocenters. The summed E-state index contributed by atoms with van der Waals surface area (Å²) < 4.78 is 48.3. The van der Waals surface area contributed by atoms with Crippen LogP contribution < -0.4 is 14.8 Å². The van der Waals surface area contributed by atoms with Crippen LogP contribution in [-0.2, 0) is 19.0 Å². The van der Waals surface area contributed by atoms with Gasteiger partial charge in [-0.25, -0.2) is 9.17 Å². The molecule has 1 saturated heterocycles. The predicted octanol–water partition coefficient (Wildman–Crippen LogP) is 6.72. The Morgan fingerprint density at radius 1 is 0.976 bits per heavy atom. The smallest absolute Gasteiger partial charge is 0.299 e. The summed E-state index contributed by atoms with van der Waals surface area (Å²) in [5.41, 5.74) is 4.50. The number of anilines is 1. The zero-order valence-electron chi connectivity index (χ0n) is 23.5. The Bertz CT molecular complexity index is 1570. The number of benzene rings is 3. The van der Waals surface area contributed by atoms with Gasteiger partial charge in [-0.05, 0) is 81.6 Å². The molecule has 1 unspecified atom stereocenters. The maximum atomic E-state index is 12.8. The first kappa shape index (κ1) is 28.9. The highest BCUT2D eigenvalue weighted by Gasteiger charge is 2.26. The first-order chi connectivity index (χ1) is 19.9. The van der Waals surface area contributed by atoms with Crippen molar-refractivity contribution in [1.82, 2.24) is 4.98 Å². The van der Waals surface area contributed by atoms with Gasteiger partial charge in [-0.1, -0.05) is 24.3 Å². The van der Waals surface area contributed by atoms with Crippen molar-refractivity contribution in [1.29, 1.82) is 0 Å². The third kappa shape index (κ3) is 7.35. The van der Waals surface area contributed by atoms with Crippen molar-refractivity contribution in [2.24, 2.45) is 0 Å². The molecule has 1 aliphatic heterocycles. The van der Waals surface area contributed by atoms with E-state index in [1.54, 1.807) is 19.1 Å². The molecule has 9 heteroatoms. The molecule has 8 nitrogen and oxygen atoms in total. The Kier molecular flexibility index (Phi) is 9.38. The van der Waals surface area contributed by atoms with Gasteiger partial charge < -0.3 is 19.5 Å². The Hall–Kier alpha value is -3.66. The second-order valence-corrected chi connectivity index (χ2v) is 11.5. The maximum Gasteiger partial charge on any atom is 0.299 e. The molecule has 3 aromatic carbocycles. The lowest BCUT2D eigenvalue weighted by molar-refractivity contribution is -0.102. The monoisotopic (exact) mass is 576 g/mol. The molecule has 2 heterocycles. The molecular formula is C32H36N2O6S. The third-order valence-corrected chi connectivity index (χ3v) is 8.36. The first-order valence-corrected chi connectivity index (χ1v) is 15.5. The average Bonchev–Trinajstić information content (AvgIpc) is 2.98. The first-order valence-electron chi connectivity index (χ1n) is 14.1. The lowest BCUT2D eigenvalue weighted by Crippen LogP contribution is -2.25. The van der Waals surface area contributed by atoms with E-state index >= 15 is 0 Å². The standard InChI is InChI=1S/C32H36N2O6S/c1-3-33-26-14-11-24(12-15-26)28-17-13-25-22-27(16-18-29(25)34-28)37-20-7-21-38-30-8-6-9-31(23(30)2)41(35,36)40-32-10-4-5-19-39-32/h6,8-9,11-18,22,32-33H,3-5,7,10,19-21H2,1-2H3. The number of hydrogen-bond donors (Lipinski definition) is 1. The second kappa shape index (κ2) is 13.3. The van der Waals surface area contributed by atoms with E-state index in [9.17, 15) is 8.42 Å². The summed E-state index contributed by atoms with van der Waals surface area (Å²) in [6.45, 7) is 6.02. The van der Waals surface area contributed by atoms with Gasteiger partial charge in [0.2, 0.25) is 0 Å². The van der Waals surface area contributed by atoms with Gasteiger partial charge in [0, 0.05) is 41.8 Å². The van der Waals surface area contributed by atoms with Gasteiger partial charge in [-0.15, -0.1) is 0 Å². The normalized spacial score (nSPS) is 15.5. The molecule has 1 aromatic heterocycles. The number of hydrogen-bond acceptors (Lipinski definition) is 8. The summed E-state index contributed by atoms with van der Waals surface area (Å²) in [5.74, 6) is 1.26. The number of nitrogens with one attached hydrogen (secondary N) is 1. The average molecular weight is 577 g/mol. The SMILES string of the molecule is CCNc1ccc(-c2ccc3cc(OCCCOc4cccc(S(=O)(=O)OC5CCCCO5)c4C)ccc3n2)cc1. The Labute approximate surface area is 241 Å². The number of nitrogens with zero attached hydrogens (tertiary/aromatic N) is 1. The molecule has 0 aliphatic carbocycles. The fourth-order valence-corrected chi connectivity index (χ4v) is 6.01. The maximum absolute atomic E-state index is 12.8. The molecule has 5 rings (SSSR count). The molecule has 4 aromatic rings. The summed E-state index contributed by atoms with van der Waals surface area (Å²) in [4.78, 5) is 4.91. The lowest BCUT2D eigenvalue weighted by Gasteiger charge is -2.22. The molecule has 0 saturated carbocycles. The number of fused-ring (bicyclic) bond motifs is 1. The summed E-state index contributed by atoms with van der Waals surface area (Å²) in [5, 5.41) is 4.31. The van der Waals surface area contributed by atoms with Gasteiger partial charge in [-0.2, -0.15) is 8.42 Å². The van der Waals surface area contributed by atoms with Gasteiger partial charge >= 0.3 is 0 Å². The molecule has 1 N–H and O–H groups in total. The molecule has 0 spiro atoms. The van der Waals surface area contributed by atoms with E-state index in [4.69, 9.17) is 23.4 Å². The Morgan fingerprint density at radius 3 is 2.59 bits per heavy atom. The molecule has 0 amide bonds. The van der Waals surface area contributed by atoms with Crippen molar-refractivity contribution < 1.29 is 26.8 Å². The van der Waals surface area contributed by atoms with Crippen LogP contribution in [-0.4, -0.2) is 46.1 Å². The van der Waals surface area contributed by atoms with Crippen LogP contribution in [0.25, 0.3) is 22.2 Å². The fraction of sp³-hybridized carbons (Fsp3) is 0.344. The van der Waals surface area contributed by atoms with Gasteiger partial charge in [0.1, 0.15) is 16.4 Å². The topological polar surface area (TPSA) is 96.0 Å². The molecule has 1 aliphatic rings.